The van der Waals surface area contributed by atoms with Gasteiger partial charge in [0.1, 0.15) is 5.75 Å². The molecule has 1 atom stereocenters. The minimum Gasteiger partial charge on any atom is -0.465 e. The molecule has 0 saturated carbocycles. The largest absolute Gasteiger partial charge is 0.465 e. The molecule has 1 aliphatic heterocycles. The number of nitrogens with zero attached hydrogens (tertiary/aromatic N) is 1. The van der Waals surface area contributed by atoms with Crippen molar-refractivity contribution in [3.8, 4) is 5.75 Å². The summed E-state index contributed by atoms with van der Waals surface area (Å²) < 4.78 is 10.9. The molecule has 0 radical (unpaired) electrons. The first-order valence-corrected chi connectivity index (χ1v) is 8.48. The summed E-state index contributed by atoms with van der Waals surface area (Å²) in [6.45, 7) is 5.07. The maximum atomic E-state index is 5.71. The van der Waals surface area contributed by atoms with Crippen LogP contribution in [0.3, 0.4) is 0 Å². The summed E-state index contributed by atoms with van der Waals surface area (Å²) in [6.07, 6.45) is 3.18. The quantitative estimate of drug-likeness (QED) is 0.738. The Morgan fingerprint density at radius 3 is 2.75 bits per heavy atom. The van der Waals surface area contributed by atoms with Crippen molar-refractivity contribution in [1.82, 2.24) is 4.90 Å². The third-order valence-corrected chi connectivity index (χ3v) is 4.29. The standard InChI is InChI=1S/C21H25NO2/c1-17(23-2)24-21-10-6-9-19(14-21)13-20-11-12-22(16-20)15-18-7-4-3-5-8-18/h3-10,13-14,17H,11-12,15-16H2,1-2H3/b20-13+. The number of rotatable bonds is 6. The summed E-state index contributed by atoms with van der Waals surface area (Å²) >= 11 is 0. The average Bonchev–Trinajstić information content (AvgIpc) is 3.03. The van der Waals surface area contributed by atoms with Gasteiger partial charge in [0.05, 0.1) is 0 Å². The van der Waals surface area contributed by atoms with Crippen molar-refractivity contribution >= 4 is 6.08 Å². The van der Waals surface area contributed by atoms with Crippen LogP contribution in [0.4, 0.5) is 0 Å². The molecule has 3 nitrogen and oxygen atoms in total. The molecule has 24 heavy (non-hydrogen) atoms. The molecule has 0 amide bonds. The zero-order chi connectivity index (χ0) is 16.8. The molecule has 1 unspecified atom stereocenters. The third-order valence-electron chi connectivity index (χ3n) is 4.29. The van der Waals surface area contributed by atoms with Crippen LogP contribution in [0.2, 0.25) is 0 Å². The number of hydrogen-bond acceptors (Lipinski definition) is 3. The number of likely N-dealkylation sites (tertiary alicyclic amines) is 1. The van der Waals surface area contributed by atoms with Crippen molar-refractivity contribution in [3.05, 3.63) is 71.3 Å². The molecule has 0 bridgehead atoms. The molecule has 1 heterocycles. The second-order valence-electron chi connectivity index (χ2n) is 6.24. The van der Waals surface area contributed by atoms with Gasteiger partial charge in [0.2, 0.25) is 0 Å². The maximum absolute atomic E-state index is 5.71. The van der Waals surface area contributed by atoms with E-state index in [4.69, 9.17) is 9.47 Å². The van der Waals surface area contributed by atoms with Gasteiger partial charge >= 0.3 is 0 Å². The first-order valence-electron chi connectivity index (χ1n) is 8.48. The van der Waals surface area contributed by atoms with E-state index in [2.05, 4.69) is 53.4 Å². The molecule has 126 valence electrons. The molecule has 0 spiro atoms. The first-order chi connectivity index (χ1) is 11.7. The van der Waals surface area contributed by atoms with E-state index in [1.54, 1.807) is 7.11 Å². The lowest BCUT2D eigenvalue weighted by atomic mass is 10.1. The number of methoxy groups -OCH3 is 1. The van der Waals surface area contributed by atoms with Crippen LogP contribution >= 0.6 is 0 Å². The van der Waals surface area contributed by atoms with Crippen LogP contribution in [0.15, 0.2) is 60.2 Å². The number of hydrogen-bond donors (Lipinski definition) is 0. The van der Waals surface area contributed by atoms with Gasteiger partial charge in [-0.1, -0.05) is 54.1 Å². The van der Waals surface area contributed by atoms with Crippen molar-refractivity contribution in [2.45, 2.75) is 26.2 Å². The van der Waals surface area contributed by atoms with Gasteiger partial charge in [-0.25, -0.2) is 0 Å². The predicted octanol–water partition coefficient (Wildman–Crippen LogP) is 4.35. The molecule has 2 aromatic carbocycles. The summed E-state index contributed by atoms with van der Waals surface area (Å²) in [5.41, 5.74) is 4.04. The Morgan fingerprint density at radius 2 is 1.96 bits per heavy atom. The topological polar surface area (TPSA) is 21.7 Å². The van der Waals surface area contributed by atoms with Gasteiger partial charge in [-0.2, -0.15) is 0 Å². The monoisotopic (exact) mass is 323 g/mol. The van der Waals surface area contributed by atoms with E-state index in [1.165, 1.54) is 16.7 Å². The van der Waals surface area contributed by atoms with Crippen LogP contribution < -0.4 is 4.74 Å². The van der Waals surface area contributed by atoms with Crippen LogP contribution in [-0.2, 0) is 11.3 Å². The van der Waals surface area contributed by atoms with Gasteiger partial charge in [-0.3, -0.25) is 4.90 Å². The van der Waals surface area contributed by atoms with E-state index >= 15 is 0 Å². The fourth-order valence-electron chi connectivity index (χ4n) is 2.99. The van der Waals surface area contributed by atoms with Crippen LogP contribution in [0, 0.1) is 0 Å². The SMILES string of the molecule is COC(C)Oc1cccc(/C=C2\CCN(Cc3ccccc3)C2)c1. The lowest BCUT2D eigenvalue weighted by Gasteiger charge is -2.14. The van der Waals surface area contributed by atoms with E-state index in [0.29, 0.717) is 0 Å². The van der Waals surface area contributed by atoms with Crippen molar-refractivity contribution in [2.24, 2.45) is 0 Å². The highest BCUT2D eigenvalue weighted by atomic mass is 16.7. The molecule has 1 aliphatic rings. The van der Waals surface area contributed by atoms with Crippen molar-refractivity contribution in [1.29, 1.82) is 0 Å². The van der Waals surface area contributed by atoms with Crippen molar-refractivity contribution in [2.75, 3.05) is 20.2 Å². The van der Waals surface area contributed by atoms with Gasteiger partial charge < -0.3 is 9.47 Å². The fraction of sp³-hybridized carbons (Fsp3) is 0.333. The Kier molecular flexibility index (Phi) is 5.68. The highest BCUT2D eigenvalue weighted by Crippen LogP contribution is 2.22. The summed E-state index contributed by atoms with van der Waals surface area (Å²) in [6, 6.07) is 18.9. The van der Waals surface area contributed by atoms with E-state index in [1.807, 2.05) is 19.1 Å². The van der Waals surface area contributed by atoms with Gasteiger partial charge in [0.25, 0.3) is 0 Å². The van der Waals surface area contributed by atoms with Gasteiger partial charge in [-0.05, 0) is 36.6 Å². The van der Waals surface area contributed by atoms with E-state index < -0.39 is 0 Å². The van der Waals surface area contributed by atoms with Crippen molar-refractivity contribution < 1.29 is 9.47 Å². The minimum absolute atomic E-state index is 0.235. The molecule has 0 aliphatic carbocycles. The fourth-order valence-corrected chi connectivity index (χ4v) is 2.99. The summed E-state index contributed by atoms with van der Waals surface area (Å²) in [7, 11) is 1.65. The Balaban J connectivity index is 1.62. The molecule has 3 heteroatoms. The second kappa shape index (κ2) is 8.13. The molecular formula is C21H25NO2. The normalized spacial score (nSPS) is 18.0. The summed E-state index contributed by atoms with van der Waals surface area (Å²) in [5.74, 6) is 0.845. The second-order valence-corrected chi connectivity index (χ2v) is 6.24. The highest BCUT2D eigenvalue weighted by molar-refractivity contribution is 5.55. The molecule has 1 saturated heterocycles. The van der Waals surface area contributed by atoms with Crippen LogP contribution in [0.25, 0.3) is 6.08 Å². The Hall–Kier alpha value is -2.10. The van der Waals surface area contributed by atoms with Gasteiger partial charge in [-0.15, -0.1) is 0 Å². The maximum Gasteiger partial charge on any atom is 0.196 e. The highest BCUT2D eigenvalue weighted by Gasteiger charge is 2.16. The average molecular weight is 323 g/mol. The van der Waals surface area contributed by atoms with Crippen molar-refractivity contribution in [3.63, 3.8) is 0 Å². The molecule has 0 aromatic heterocycles. The lowest BCUT2D eigenvalue weighted by molar-refractivity contribution is -0.0382. The molecular weight excluding hydrogens is 298 g/mol. The lowest BCUT2D eigenvalue weighted by Crippen LogP contribution is -2.18. The zero-order valence-corrected chi connectivity index (χ0v) is 14.4. The predicted molar refractivity (Wildman–Crippen MR) is 97.9 cm³/mol. The molecule has 1 fully saturated rings. The number of ether oxygens (including phenoxy) is 2. The summed E-state index contributed by atoms with van der Waals surface area (Å²) in [4.78, 5) is 2.49. The van der Waals surface area contributed by atoms with E-state index in [0.717, 1.165) is 31.8 Å². The Bertz CT molecular complexity index is 681. The van der Waals surface area contributed by atoms with E-state index in [-0.39, 0.29) is 6.29 Å². The molecule has 2 aromatic rings. The number of benzene rings is 2. The van der Waals surface area contributed by atoms with Crippen LogP contribution in [0.1, 0.15) is 24.5 Å². The van der Waals surface area contributed by atoms with E-state index in [9.17, 15) is 0 Å². The van der Waals surface area contributed by atoms with Gasteiger partial charge in [0, 0.05) is 26.7 Å². The van der Waals surface area contributed by atoms with Gasteiger partial charge in [0.15, 0.2) is 6.29 Å². The molecule has 0 N–H and O–H groups in total. The Labute approximate surface area is 144 Å². The van der Waals surface area contributed by atoms with Crippen LogP contribution in [-0.4, -0.2) is 31.4 Å². The molecule has 3 rings (SSSR count). The summed E-state index contributed by atoms with van der Waals surface area (Å²) in [5, 5.41) is 0. The third kappa shape index (κ3) is 4.70. The zero-order valence-electron chi connectivity index (χ0n) is 14.4. The Morgan fingerprint density at radius 1 is 1.12 bits per heavy atom. The van der Waals surface area contributed by atoms with Crippen LogP contribution in [0.5, 0.6) is 5.75 Å². The smallest absolute Gasteiger partial charge is 0.196 e. The first kappa shape index (κ1) is 16.7. The minimum atomic E-state index is -0.235.